The first-order valence-corrected chi connectivity index (χ1v) is 8.08. The molecule has 0 aliphatic heterocycles. The topological polar surface area (TPSA) is 38.0 Å². The first-order valence-electron chi connectivity index (χ1n) is 6.08. The van der Waals surface area contributed by atoms with Crippen molar-refractivity contribution in [3.8, 4) is 0 Å². The van der Waals surface area contributed by atoms with Gasteiger partial charge in [0.25, 0.3) is 0 Å². The molecule has 0 heterocycles. The van der Waals surface area contributed by atoms with Crippen LogP contribution in [0.3, 0.4) is 0 Å². The van der Waals surface area contributed by atoms with E-state index in [-0.39, 0.29) is 6.04 Å². The maximum atomic E-state index is 5.65. The van der Waals surface area contributed by atoms with Crippen LogP contribution in [0.1, 0.15) is 24.1 Å². The largest absolute Gasteiger partial charge is 0.389 e. The molecule has 0 fully saturated rings. The molecule has 104 valence electrons. The number of hydrogen-bond acceptors (Lipinski definition) is 2. The summed E-state index contributed by atoms with van der Waals surface area (Å²) in [6, 6.07) is 14.4. The number of halogens is 2. The highest BCUT2D eigenvalue weighted by atomic mass is 79.9. The Balaban J connectivity index is 2.15. The average molecular weight is 414 g/mol. The summed E-state index contributed by atoms with van der Waals surface area (Å²) in [5.74, 6) is 0. The van der Waals surface area contributed by atoms with Crippen LogP contribution < -0.4 is 11.1 Å². The summed E-state index contributed by atoms with van der Waals surface area (Å²) in [6.07, 6.45) is 0. The molecule has 0 aliphatic rings. The molecule has 2 nitrogen and oxygen atoms in total. The Morgan fingerprint density at radius 2 is 1.80 bits per heavy atom. The van der Waals surface area contributed by atoms with Crippen LogP contribution in [0.25, 0.3) is 0 Å². The normalized spacial score (nSPS) is 11.9. The highest BCUT2D eigenvalue weighted by Crippen LogP contribution is 2.25. The molecule has 3 N–H and O–H groups in total. The van der Waals surface area contributed by atoms with E-state index in [9.17, 15) is 0 Å². The second-order valence-corrected chi connectivity index (χ2v) is 6.69. The molecule has 1 atom stereocenters. The highest BCUT2D eigenvalue weighted by molar-refractivity contribution is 9.10. The van der Waals surface area contributed by atoms with Gasteiger partial charge in [-0.1, -0.05) is 40.3 Å². The van der Waals surface area contributed by atoms with Gasteiger partial charge in [-0.3, -0.25) is 0 Å². The van der Waals surface area contributed by atoms with Crippen molar-refractivity contribution in [1.29, 1.82) is 0 Å². The number of rotatable bonds is 4. The number of benzene rings is 2. The van der Waals surface area contributed by atoms with E-state index >= 15 is 0 Å². The summed E-state index contributed by atoms with van der Waals surface area (Å²) in [7, 11) is 0. The Bertz CT molecular complexity index is 626. The standard InChI is InChI=1S/C15H14Br2N2S/c1-9(10-2-4-11(16)5-3-10)19-12-6-7-13(15(18)20)14(17)8-12/h2-9,19H,1H3,(H2,18,20). The second kappa shape index (κ2) is 6.70. The summed E-state index contributed by atoms with van der Waals surface area (Å²) in [5.41, 5.74) is 8.74. The van der Waals surface area contributed by atoms with E-state index in [0.717, 1.165) is 20.2 Å². The van der Waals surface area contributed by atoms with Crippen LogP contribution >= 0.6 is 44.1 Å². The highest BCUT2D eigenvalue weighted by Gasteiger charge is 2.08. The van der Waals surface area contributed by atoms with E-state index in [1.54, 1.807) is 0 Å². The smallest absolute Gasteiger partial charge is 0.105 e. The summed E-state index contributed by atoms with van der Waals surface area (Å²) in [5, 5.41) is 3.46. The van der Waals surface area contributed by atoms with Crippen LogP contribution in [0.4, 0.5) is 5.69 Å². The molecule has 2 aromatic carbocycles. The lowest BCUT2D eigenvalue weighted by Crippen LogP contribution is -2.11. The van der Waals surface area contributed by atoms with Crippen LogP contribution in [0, 0.1) is 0 Å². The first kappa shape index (κ1) is 15.5. The lowest BCUT2D eigenvalue weighted by molar-refractivity contribution is 0.884. The lowest BCUT2D eigenvalue weighted by atomic mass is 10.1. The Hall–Kier alpha value is -0.910. The minimum atomic E-state index is 0.214. The van der Waals surface area contributed by atoms with Crippen molar-refractivity contribution in [2.45, 2.75) is 13.0 Å². The number of anilines is 1. The zero-order valence-corrected chi connectivity index (χ0v) is 14.8. The number of thiocarbonyl (C=S) groups is 1. The molecule has 0 aromatic heterocycles. The van der Waals surface area contributed by atoms with Crippen molar-refractivity contribution < 1.29 is 0 Å². The molecule has 20 heavy (non-hydrogen) atoms. The van der Waals surface area contributed by atoms with Crippen molar-refractivity contribution in [1.82, 2.24) is 0 Å². The third-order valence-corrected chi connectivity index (χ3v) is 4.39. The summed E-state index contributed by atoms with van der Waals surface area (Å²) < 4.78 is 1.98. The Morgan fingerprint density at radius 1 is 1.15 bits per heavy atom. The molecule has 0 radical (unpaired) electrons. The molecule has 0 saturated heterocycles. The number of hydrogen-bond donors (Lipinski definition) is 2. The predicted octanol–water partition coefficient (Wildman–Crippen LogP) is 5.02. The molecule has 0 saturated carbocycles. The number of nitrogens with two attached hydrogens (primary N) is 1. The zero-order valence-electron chi connectivity index (χ0n) is 10.9. The van der Waals surface area contributed by atoms with Crippen LogP contribution in [-0.2, 0) is 0 Å². The van der Waals surface area contributed by atoms with Gasteiger partial charge in [-0.25, -0.2) is 0 Å². The molecule has 2 rings (SSSR count). The van der Waals surface area contributed by atoms with E-state index in [2.05, 4.69) is 56.2 Å². The van der Waals surface area contributed by atoms with Gasteiger partial charge < -0.3 is 11.1 Å². The molecule has 0 aliphatic carbocycles. The monoisotopic (exact) mass is 412 g/mol. The Morgan fingerprint density at radius 3 is 2.35 bits per heavy atom. The van der Waals surface area contributed by atoms with Gasteiger partial charge in [0.05, 0.1) is 0 Å². The molecule has 0 spiro atoms. The van der Waals surface area contributed by atoms with Gasteiger partial charge in [0.1, 0.15) is 4.99 Å². The molecule has 0 amide bonds. The van der Waals surface area contributed by atoms with E-state index < -0.39 is 0 Å². The Labute approximate surface area is 141 Å². The van der Waals surface area contributed by atoms with E-state index in [0.29, 0.717) is 4.99 Å². The average Bonchev–Trinajstić information content (AvgIpc) is 2.39. The third-order valence-electron chi connectivity index (χ3n) is 2.99. The van der Waals surface area contributed by atoms with Crippen LogP contribution in [0.2, 0.25) is 0 Å². The minimum absolute atomic E-state index is 0.214. The first-order chi connectivity index (χ1) is 9.47. The molecule has 2 aromatic rings. The van der Waals surface area contributed by atoms with Crippen LogP contribution in [0.5, 0.6) is 0 Å². The van der Waals surface area contributed by atoms with E-state index in [4.69, 9.17) is 18.0 Å². The summed E-state index contributed by atoms with van der Waals surface area (Å²) >= 11 is 11.9. The maximum absolute atomic E-state index is 5.65. The summed E-state index contributed by atoms with van der Waals surface area (Å²) in [4.78, 5) is 0.393. The van der Waals surface area contributed by atoms with Crippen LogP contribution in [0.15, 0.2) is 51.4 Å². The van der Waals surface area contributed by atoms with Gasteiger partial charge >= 0.3 is 0 Å². The van der Waals surface area contributed by atoms with Crippen LogP contribution in [-0.4, -0.2) is 4.99 Å². The van der Waals surface area contributed by atoms with Crippen molar-refractivity contribution in [3.05, 3.63) is 62.5 Å². The zero-order chi connectivity index (χ0) is 14.7. The van der Waals surface area contributed by atoms with Gasteiger partial charge in [0, 0.05) is 26.2 Å². The van der Waals surface area contributed by atoms with Gasteiger partial charge in [0.2, 0.25) is 0 Å². The van der Waals surface area contributed by atoms with Gasteiger partial charge in [-0.15, -0.1) is 0 Å². The molecule has 0 bridgehead atoms. The second-order valence-electron chi connectivity index (χ2n) is 4.48. The quantitative estimate of drug-likeness (QED) is 0.691. The number of nitrogens with one attached hydrogen (secondary N) is 1. The molecule has 1 unspecified atom stereocenters. The van der Waals surface area contributed by atoms with Crippen molar-refractivity contribution in [2.75, 3.05) is 5.32 Å². The fourth-order valence-corrected chi connectivity index (χ4v) is 3.06. The van der Waals surface area contributed by atoms with Gasteiger partial charge in [0.15, 0.2) is 0 Å². The minimum Gasteiger partial charge on any atom is -0.389 e. The fourth-order valence-electron chi connectivity index (χ4n) is 1.89. The molecular formula is C15H14Br2N2S. The van der Waals surface area contributed by atoms with Crippen molar-refractivity contribution in [2.24, 2.45) is 5.73 Å². The van der Waals surface area contributed by atoms with E-state index in [1.807, 2.05) is 30.3 Å². The Kier molecular flexibility index (Phi) is 5.18. The van der Waals surface area contributed by atoms with Gasteiger partial charge in [-0.2, -0.15) is 0 Å². The predicted molar refractivity (Wildman–Crippen MR) is 96.2 cm³/mol. The van der Waals surface area contributed by atoms with Gasteiger partial charge in [-0.05, 0) is 58.7 Å². The SMILES string of the molecule is CC(Nc1ccc(C(N)=S)c(Br)c1)c1ccc(Br)cc1. The molecule has 5 heteroatoms. The third kappa shape index (κ3) is 3.81. The fraction of sp³-hybridized carbons (Fsp3) is 0.133. The maximum Gasteiger partial charge on any atom is 0.105 e. The lowest BCUT2D eigenvalue weighted by Gasteiger charge is -2.16. The summed E-state index contributed by atoms with van der Waals surface area (Å²) in [6.45, 7) is 2.12. The van der Waals surface area contributed by atoms with Crippen molar-refractivity contribution >= 4 is 54.8 Å². The van der Waals surface area contributed by atoms with Crippen molar-refractivity contribution in [3.63, 3.8) is 0 Å². The van der Waals surface area contributed by atoms with E-state index in [1.165, 1.54) is 5.56 Å². The molecular weight excluding hydrogens is 400 g/mol.